The van der Waals surface area contributed by atoms with E-state index < -0.39 is 0 Å². The van der Waals surface area contributed by atoms with Crippen molar-refractivity contribution in [2.75, 3.05) is 17.6 Å². The van der Waals surface area contributed by atoms with Crippen molar-refractivity contribution >= 4 is 29.3 Å². The molecule has 0 spiro atoms. The molecule has 0 saturated heterocycles. The largest absolute Gasteiger partial charge is 0.345 e. The van der Waals surface area contributed by atoms with Crippen molar-refractivity contribution in [3.8, 4) is 0 Å². The third-order valence-corrected chi connectivity index (χ3v) is 5.48. The standard InChI is InChI=1S/C16H21N3O2S/c1-16(9-17,11-3-4-11)19-15(21)10-2-5-13-12(8-10)18-14(20)6-7-22-13/h2,5,8,11H,3-4,6-7,9,17H2,1H3,(H,18,20)(H,19,21). The van der Waals surface area contributed by atoms with E-state index in [1.807, 2.05) is 19.1 Å². The van der Waals surface area contributed by atoms with Gasteiger partial charge in [-0.05, 0) is 43.9 Å². The van der Waals surface area contributed by atoms with Gasteiger partial charge < -0.3 is 16.4 Å². The van der Waals surface area contributed by atoms with Gasteiger partial charge in [0.15, 0.2) is 0 Å². The number of benzene rings is 1. The van der Waals surface area contributed by atoms with Crippen LogP contribution in [0.25, 0.3) is 0 Å². The Labute approximate surface area is 134 Å². The van der Waals surface area contributed by atoms with Crippen LogP contribution in [0, 0.1) is 5.92 Å². The normalized spacial score (nSPS) is 20.4. The van der Waals surface area contributed by atoms with Gasteiger partial charge in [0.1, 0.15) is 0 Å². The van der Waals surface area contributed by atoms with Gasteiger partial charge in [-0.1, -0.05) is 0 Å². The van der Waals surface area contributed by atoms with Crippen LogP contribution in [-0.2, 0) is 4.79 Å². The topological polar surface area (TPSA) is 84.2 Å². The summed E-state index contributed by atoms with van der Waals surface area (Å²) < 4.78 is 0. The lowest BCUT2D eigenvalue weighted by Crippen LogP contribution is -2.53. The highest BCUT2D eigenvalue weighted by Crippen LogP contribution is 2.39. The molecule has 1 aliphatic carbocycles. The van der Waals surface area contributed by atoms with E-state index in [0.29, 0.717) is 24.4 Å². The number of fused-ring (bicyclic) bond motifs is 1. The van der Waals surface area contributed by atoms with Crippen molar-refractivity contribution < 1.29 is 9.59 Å². The Hall–Kier alpha value is -1.53. The van der Waals surface area contributed by atoms with Gasteiger partial charge in [0.2, 0.25) is 5.91 Å². The quantitative estimate of drug-likeness (QED) is 0.792. The van der Waals surface area contributed by atoms with Gasteiger partial charge in [-0.25, -0.2) is 0 Å². The first-order valence-electron chi connectivity index (χ1n) is 7.61. The molecule has 1 atom stereocenters. The van der Waals surface area contributed by atoms with Crippen molar-refractivity contribution in [3.63, 3.8) is 0 Å². The van der Waals surface area contributed by atoms with Crippen LogP contribution in [0.2, 0.25) is 0 Å². The molecule has 118 valence electrons. The number of amides is 2. The van der Waals surface area contributed by atoms with Crippen molar-refractivity contribution in [2.45, 2.75) is 36.6 Å². The number of nitrogens with two attached hydrogens (primary N) is 1. The van der Waals surface area contributed by atoms with Crippen LogP contribution in [0.1, 0.15) is 36.5 Å². The van der Waals surface area contributed by atoms with Gasteiger partial charge in [0, 0.05) is 29.2 Å². The number of thioether (sulfide) groups is 1. The highest BCUT2D eigenvalue weighted by Gasteiger charge is 2.41. The molecule has 3 rings (SSSR count). The van der Waals surface area contributed by atoms with E-state index in [2.05, 4.69) is 10.6 Å². The first kappa shape index (κ1) is 15.4. The monoisotopic (exact) mass is 319 g/mol. The molecule has 4 N–H and O–H groups in total. The maximum atomic E-state index is 12.5. The number of hydrogen-bond donors (Lipinski definition) is 3. The van der Waals surface area contributed by atoms with Crippen molar-refractivity contribution in [3.05, 3.63) is 23.8 Å². The first-order chi connectivity index (χ1) is 10.5. The summed E-state index contributed by atoms with van der Waals surface area (Å²) in [4.78, 5) is 25.2. The zero-order valence-corrected chi connectivity index (χ0v) is 13.5. The third-order valence-electron chi connectivity index (χ3n) is 4.40. The van der Waals surface area contributed by atoms with Crippen molar-refractivity contribution in [1.82, 2.24) is 5.32 Å². The minimum atomic E-state index is -0.345. The van der Waals surface area contributed by atoms with E-state index in [9.17, 15) is 9.59 Å². The summed E-state index contributed by atoms with van der Waals surface area (Å²) in [6.07, 6.45) is 2.73. The Bertz CT molecular complexity index is 615. The van der Waals surface area contributed by atoms with E-state index in [1.165, 1.54) is 0 Å². The molecular weight excluding hydrogens is 298 g/mol. The molecule has 2 amide bonds. The molecule has 1 aromatic rings. The minimum Gasteiger partial charge on any atom is -0.345 e. The van der Waals surface area contributed by atoms with E-state index in [0.717, 1.165) is 29.2 Å². The lowest BCUT2D eigenvalue weighted by Gasteiger charge is -2.29. The molecule has 0 bridgehead atoms. The molecule has 1 aliphatic heterocycles. The maximum Gasteiger partial charge on any atom is 0.251 e. The predicted molar refractivity (Wildman–Crippen MR) is 88.1 cm³/mol. The highest BCUT2D eigenvalue weighted by molar-refractivity contribution is 7.99. The fraction of sp³-hybridized carbons (Fsp3) is 0.500. The molecule has 5 nitrogen and oxygen atoms in total. The summed E-state index contributed by atoms with van der Waals surface area (Å²) in [5.41, 5.74) is 6.78. The van der Waals surface area contributed by atoms with Gasteiger partial charge in [0.25, 0.3) is 5.91 Å². The van der Waals surface area contributed by atoms with E-state index in [1.54, 1.807) is 17.8 Å². The SMILES string of the molecule is CC(CN)(NC(=O)c1ccc2c(c1)NC(=O)CCS2)C1CC1. The number of anilines is 1. The number of rotatable bonds is 4. The Morgan fingerprint density at radius 1 is 1.50 bits per heavy atom. The van der Waals surface area contributed by atoms with Gasteiger partial charge in [-0.15, -0.1) is 11.8 Å². The van der Waals surface area contributed by atoms with E-state index >= 15 is 0 Å². The molecule has 2 aliphatic rings. The van der Waals surface area contributed by atoms with Crippen LogP contribution < -0.4 is 16.4 Å². The number of carbonyl (C=O) groups excluding carboxylic acids is 2. The summed E-state index contributed by atoms with van der Waals surface area (Å²) in [7, 11) is 0. The number of hydrogen-bond acceptors (Lipinski definition) is 4. The van der Waals surface area contributed by atoms with Crippen LogP contribution in [0.5, 0.6) is 0 Å². The van der Waals surface area contributed by atoms with Crippen LogP contribution >= 0.6 is 11.8 Å². The Balaban J connectivity index is 1.80. The van der Waals surface area contributed by atoms with Gasteiger partial charge in [-0.3, -0.25) is 9.59 Å². The minimum absolute atomic E-state index is 0.00594. The van der Waals surface area contributed by atoms with Crippen LogP contribution in [0.3, 0.4) is 0 Å². The summed E-state index contributed by atoms with van der Waals surface area (Å²) >= 11 is 1.63. The Kier molecular flexibility index (Phi) is 4.14. The summed E-state index contributed by atoms with van der Waals surface area (Å²) in [5, 5.41) is 5.94. The second-order valence-electron chi connectivity index (χ2n) is 6.21. The van der Waals surface area contributed by atoms with Crippen molar-refractivity contribution in [2.24, 2.45) is 11.7 Å². The molecule has 0 radical (unpaired) electrons. The summed E-state index contributed by atoms with van der Waals surface area (Å²) in [6.45, 7) is 2.44. The molecule has 1 fully saturated rings. The Morgan fingerprint density at radius 2 is 2.27 bits per heavy atom. The molecule has 22 heavy (non-hydrogen) atoms. The zero-order chi connectivity index (χ0) is 15.7. The summed E-state index contributed by atoms with van der Waals surface area (Å²) in [5.74, 6) is 1.09. The van der Waals surface area contributed by atoms with E-state index in [4.69, 9.17) is 5.73 Å². The zero-order valence-electron chi connectivity index (χ0n) is 12.6. The molecule has 1 aromatic carbocycles. The second kappa shape index (κ2) is 5.93. The molecule has 6 heteroatoms. The van der Waals surface area contributed by atoms with Gasteiger partial charge in [0.05, 0.1) is 11.2 Å². The fourth-order valence-electron chi connectivity index (χ4n) is 2.73. The van der Waals surface area contributed by atoms with Crippen molar-refractivity contribution in [1.29, 1.82) is 0 Å². The third kappa shape index (κ3) is 3.13. The average Bonchev–Trinajstić information content (AvgIpc) is 3.33. The number of nitrogens with one attached hydrogen (secondary N) is 2. The molecule has 0 aromatic heterocycles. The van der Waals surface area contributed by atoms with Gasteiger partial charge >= 0.3 is 0 Å². The smallest absolute Gasteiger partial charge is 0.251 e. The van der Waals surface area contributed by atoms with Crippen LogP contribution in [0.15, 0.2) is 23.1 Å². The fourth-order valence-corrected chi connectivity index (χ4v) is 3.67. The van der Waals surface area contributed by atoms with Crippen LogP contribution in [-0.4, -0.2) is 29.7 Å². The number of carbonyl (C=O) groups is 2. The molecule has 1 heterocycles. The maximum absolute atomic E-state index is 12.5. The highest BCUT2D eigenvalue weighted by atomic mass is 32.2. The first-order valence-corrected chi connectivity index (χ1v) is 8.60. The average molecular weight is 319 g/mol. The lowest BCUT2D eigenvalue weighted by atomic mass is 9.95. The second-order valence-corrected chi connectivity index (χ2v) is 7.34. The molecule has 1 unspecified atom stereocenters. The summed E-state index contributed by atoms with van der Waals surface area (Å²) in [6, 6.07) is 5.46. The predicted octanol–water partition coefficient (Wildman–Crippen LogP) is 1.98. The Morgan fingerprint density at radius 3 is 2.95 bits per heavy atom. The molecule has 1 saturated carbocycles. The molecular formula is C16H21N3O2S. The van der Waals surface area contributed by atoms with Crippen LogP contribution in [0.4, 0.5) is 5.69 Å². The van der Waals surface area contributed by atoms with E-state index in [-0.39, 0.29) is 17.4 Å². The van der Waals surface area contributed by atoms with Gasteiger partial charge in [-0.2, -0.15) is 0 Å². The lowest BCUT2D eigenvalue weighted by molar-refractivity contribution is -0.115.